The molecule has 3 N–H and O–H groups in total. The van der Waals surface area contributed by atoms with Crippen LogP contribution in [0.3, 0.4) is 0 Å². The minimum absolute atomic E-state index is 0.0657. The van der Waals surface area contributed by atoms with Gasteiger partial charge >= 0.3 is 7.82 Å². The van der Waals surface area contributed by atoms with E-state index in [4.69, 9.17) is 9.05 Å². The van der Waals surface area contributed by atoms with Crippen LogP contribution in [0.5, 0.6) is 0 Å². The second-order valence-corrected chi connectivity index (χ2v) is 18.6. The molecule has 0 aromatic carbocycles. The highest BCUT2D eigenvalue weighted by molar-refractivity contribution is 7.47. The molecule has 0 spiro atoms. The minimum Gasteiger partial charge on any atom is -0.391 e. The highest BCUT2D eigenvalue weighted by Gasteiger charge is 2.28. The number of quaternary nitrogens is 1. The Bertz CT molecular complexity index is 1310. The van der Waals surface area contributed by atoms with Gasteiger partial charge < -0.3 is 19.8 Å². The summed E-state index contributed by atoms with van der Waals surface area (Å²) in [4.78, 5) is 23.1. The van der Waals surface area contributed by atoms with Gasteiger partial charge in [-0.25, -0.2) is 4.57 Å². The summed E-state index contributed by atoms with van der Waals surface area (Å²) in [5, 5.41) is 13.9. The van der Waals surface area contributed by atoms with E-state index < -0.39 is 20.0 Å². The topological polar surface area (TPSA) is 105 Å². The third-order valence-electron chi connectivity index (χ3n) is 10.1. The third kappa shape index (κ3) is 45.3. The van der Waals surface area contributed by atoms with Crippen molar-refractivity contribution in [2.45, 2.75) is 187 Å². The lowest BCUT2D eigenvalue weighted by atomic mass is 10.0. The summed E-state index contributed by atoms with van der Waals surface area (Å²) < 4.78 is 23.5. The van der Waals surface area contributed by atoms with Crippen LogP contribution in [0.15, 0.2) is 97.2 Å². The van der Waals surface area contributed by atoms with Crippen molar-refractivity contribution < 1.29 is 32.9 Å². The Balaban J connectivity index is 4.16. The van der Waals surface area contributed by atoms with Gasteiger partial charge in [0, 0.05) is 6.42 Å². The SMILES string of the molecule is CC/C=C\C/C=C\C/C=C\C/C=C\C/C=C\C/C=C\C/C=C\C/C=C\CCCCCCCCC(=O)NC(COP(=O)(O)OCC[N+](C)(C)C)C(O)CCCCCCCCCC. The molecule has 0 aromatic rings. The zero-order valence-electron chi connectivity index (χ0n) is 39.6. The van der Waals surface area contributed by atoms with Gasteiger partial charge in [0.1, 0.15) is 13.2 Å². The normalized spacial score (nSPS) is 15.1. The van der Waals surface area contributed by atoms with E-state index in [-0.39, 0.29) is 19.1 Å². The Hall–Kier alpha value is -2.58. The molecule has 8 nitrogen and oxygen atoms in total. The molecule has 0 aromatic heterocycles. The molecule has 3 unspecified atom stereocenters. The van der Waals surface area contributed by atoms with Crippen LogP contribution in [0.1, 0.15) is 174 Å². The molecule has 0 radical (unpaired) electrons. The number of aliphatic hydroxyl groups is 1. The Morgan fingerprint density at radius 3 is 1.44 bits per heavy atom. The molecular formula is C52H92N2O6P+. The number of carbonyl (C=O) groups is 1. The molecule has 350 valence electrons. The van der Waals surface area contributed by atoms with E-state index in [1.54, 1.807) is 0 Å². The number of hydrogen-bond acceptors (Lipinski definition) is 5. The summed E-state index contributed by atoms with van der Waals surface area (Å²) in [6.07, 6.45) is 60.3. The lowest BCUT2D eigenvalue weighted by Crippen LogP contribution is -2.46. The highest BCUT2D eigenvalue weighted by atomic mass is 31.2. The summed E-state index contributed by atoms with van der Waals surface area (Å²) in [6, 6.07) is -0.773. The van der Waals surface area contributed by atoms with Crippen LogP contribution in [0.2, 0.25) is 0 Å². The first-order valence-electron chi connectivity index (χ1n) is 24.1. The van der Waals surface area contributed by atoms with Gasteiger partial charge in [-0.1, -0.05) is 188 Å². The molecule has 9 heteroatoms. The number of hydrogen-bond donors (Lipinski definition) is 3. The molecule has 3 atom stereocenters. The average Bonchev–Trinajstić information content (AvgIpc) is 3.21. The number of aliphatic hydroxyl groups excluding tert-OH is 1. The first-order chi connectivity index (χ1) is 29.5. The van der Waals surface area contributed by atoms with Crippen molar-refractivity contribution in [2.75, 3.05) is 40.9 Å². The van der Waals surface area contributed by atoms with Crippen LogP contribution in [-0.2, 0) is 18.4 Å². The van der Waals surface area contributed by atoms with Crippen molar-refractivity contribution in [3.05, 3.63) is 97.2 Å². The van der Waals surface area contributed by atoms with E-state index in [1.807, 2.05) is 21.1 Å². The Morgan fingerprint density at radius 1 is 0.574 bits per heavy atom. The average molecular weight is 872 g/mol. The number of unbranched alkanes of at least 4 members (excludes halogenated alkanes) is 13. The molecule has 61 heavy (non-hydrogen) atoms. The number of amides is 1. The fourth-order valence-electron chi connectivity index (χ4n) is 6.29. The van der Waals surface area contributed by atoms with Crippen LogP contribution < -0.4 is 5.32 Å². The molecule has 0 saturated heterocycles. The maximum atomic E-state index is 12.9. The van der Waals surface area contributed by atoms with Crippen molar-refractivity contribution in [1.29, 1.82) is 0 Å². The van der Waals surface area contributed by atoms with Crippen molar-refractivity contribution >= 4 is 13.7 Å². The monoisotopic (exact) mass is 872 g/mol. The number of allylic oxidation sites excluding steroid dienone is 16. The first kappa shape index (κ1) is 58.4. The highest BCUT2D eigenvalue weighted by Crippen LogP contribution is 2.43. The number of nitrogens with one attached hydrogen (secondary N) is 1. The van der Waals surface area contributed by atoms with Gasteiger partial charge in [0.2, 0.25) is 5.91 Å². The molecule has 0 bridgehead atoms. The molecule has 1 amide bonds. The fourth-order valence-corrected chi connectivity index (χ4v) is 7.03. The quantitative estimate of drug-likeness (QED) is 0.0244. The fraction of sp³-hybridized carbons (Fsp3) is 0.673. The Morgan fingerprint density at radius 2 is 0.984 bits per heavy atom. The van der Waals surface area contributed by atoms with Gasteiger partial charge in [-0.2, -0.15) is 0 Å². The number of likely N-dealkylation sites (N-methyl/N-ethyl adjacent to an activating group) is 1. The van der Waals surface area contributed by atoms with E-state index >= 15 is 0 Å². The summed E-state index contributed by atoms with van der Waals surface area (Å²) in [7, 11) is 1.58. The standard InChI is InChI=1S/C52H91N2O6P/c1-6-8-10-12-14-16-17-18-19-20-21-22-23-24-25-26-27-28-29-30-31-32-33-34-35-36-37-38-40-42-44-46-52(56)53-50(49-60-61(57,58)59-48-47-54(3,4)5)51(55)45-43-41-39-15-13-11-9-7-2/h8,10,14,16,18-19,21-22,24-25,27-28,30-31,33-34,50-51,55H,6-7,9,11-13,15,17,20,23,26,29,32,35-49H2,1-5H3,(H-,53,56,57,58)/p+1/b10-8-,16-14-,19-18-,22-21-,25-24-,28-27-,31-30-,34-33-. The summed E-state index contributed by atoms with van der Waals surface area (Å²) in [5.74, 6) is -0.168. The molecule has 0 aliphatic heterocycles. The summed E-state index contributed by atoms with van der Waals surface area (Å²) in [6.45, 7) is 4.70. The zero-order chi connectivity index (χ0) is 45.0. The molecule has 0 aliphatic rings. The van der Waals surface area contributed by atoms with Crippen molar-refractivity contribution in [2.24, 2.45) is 0 Å². The predicted octanol–water partition coefficient (Wildman–Crippen LogP) is 13.9. The second kappa shape index (κ2) is 42.7. The van der Waals surface area contributed by atoms with Gasteiger partial charge in [0.05, 0.1) is 39.9 Å². The maximum absolute atomic E-state index is 12.9. The third-order valence-corrected chi connectivity index (χ3v) is 11.1. The summed E-state index contributed by atoms with van der Waals surface area (Å²) >= 11 is 0. The Labute approximate surface area is 375 Å². The van der Waals surface area contributed by atoms with Crippen LogP contribution in [0.25, 0.3) is 0 Å². The lowest BCUT2D eigenvalue weighted by Gasteiger charge is -2.26. The number of phosphoric ester groups is 1. The van der Waals surface area contributed by atoms with E-state index in [1.165, 1.54) is 44.9 Å². The molecule has 0 heterocycles. The number of phosphoric acid groups is 1. The van der Waals surface area contributed by atoms with Crippen molar-refractivity contribution in [3.63, 3.8) is 0 Å². The predicted molar refractivity (Wildman–Crippen MR) is 262 cm³/mol. The Kier molecular flexibility index (Phi) is 40.9. The maximum Gasteiger partial charge on any atom is 0.472 e. The lowest BCUT2D eigenvalue weighted by molar-refractivity contribution is -0.870. The first-order valence-corrected chi connectivity index (χ1v) is 25.6. The van der Waals surface area contributed by atoms with Crippen molar-refractivity contribution in [3.8, 4) is 0 Å². The molecule has 0 rings (SSSR count). The van der Waals surface area contributed by atoms with Gasteiger partial charge in [-0.15, -0.1) is 0 Å². The van der Waals surface area contributed by atoms with Crippen LogP contribution in [0.4, 0.5) is 0 Å². The largest absolute Gasteiger partial charge is 0.472 e. The van der Waals surface area contributed by atoms with Crippen LogP contribution in [-0.4, -0.2) is 73.4 Å². The summed E-state index contributed by atoms with van der Waals surface area (Å²) in [5.41, 5.74) is 0. The molecule has 0 fully saturated rings. The van der Waals surface area contributed by atoms with E-state index in [0.717, 1.165) is 103 Å². The number of carbonyl (C=O) groups excluding carboxylic acids is 1. The molecular weight excluding hydrogens is 780 g/mol. The number of rotatable bonds is 42. The minimum atomic E-state index is -4.32. The molecule has 0 aliphatic carbocycles. The van der Waals surface area contributed by atoms with Gasteiger partial charge in [0.25, 0.3) is 0 Å². The smallest absolute Gasteiger partial charge is 0.391 e. The van der Waals surface area contributed by atoms with E-state index in [0.29, 0.717) is 23.9 Å². The van der Waals surface area contributed by atoms with E-state index in [2.05, 4.69) is 116 Å². The van der Waals surface area contributed by atoms with Gasteiger partial charge in [-0.3, -0.25) is 13.8 Å². The number of nitrogens with zero attached hydrogens (tertiary/aromatic N) is 1. The second-order valence-electron chi connectivity index (χ2n) is 17.1. The van der Waals surface area contributed by atoms with Crippen LogP contribution in [0, 0.1) is 0 Å². The zero-order valence-corrected chi connectivity index (χ0v) is 40.5. The van der Waals surface area contributed by atoms with Crippen molar-refractivity contribution in [1.82, 2.24) is 5.32 Å². The van der Waals surface area contributed by atoms with Gasteiger partial charge in [-0.05, 0) is 77.0 Å². The van der Waals surface area contributed by atoms with Crippen LogP contribution >= 0.6 is 7.82 Å². The molecule has 0 saturated carbocycles. The van der Waals surface area contributed by atoms with E-state index in [9.17, 15) is 19.4 Å². The van der Waals surface area contributed by atoms with Gasteiger partial charge in [0.15, 0.2) is 0 Å².